The number of carbonyl (C=O) groups is 3. The number of pyridine rings is 1. The van der Waals surface area contributed by atoms with E-state index in [-0.39, 0.29) is 11.9 Å². The molecule has 2 amide bonds. The van der Waals surface area contributed by atoms with Crippen molar-refractivity contribution >= 4 is 23.7 Å². The normalized spacial score (nSPS) is 14.2. The molecule has 2 heterocycles. The number of hydrogen-bond donors (Lipinski definition) is 3. The van der Waals surface area contributed by atoms with Gasteiger partial charge in [0.2, 0.25) is 0 Å². The number of hydrogen-bond acceptors (Lipinski definition) is 4. The number of carboxylic acid groups (broad SMARTS) is 2. The number of rotatable bonds is 3. The van der Waals surface area contributed by atoms with Gasteiger partial charge in [0.1, 0.15) is 0 Å². The van der Waals surface area contributed by atoms with E-state index in [1.54, 1.807) is 29.3 Å². The zero-order valence-electron chi connectivity index (χ0n) is 17.1. The molecule has 172 valence electrons. The first-order valence-electron chi connectivity index (χ1n) is 9.60. The van der Waals surface area contributed by atoms with Gasteiger partial charge in [0.15, 0.2) is 0 Å². The predicted molar refractivity (Wildman–Crippen MR) is 109 cm³/mol. The van der Waals surface area contributed by atoms with Crippen LogP contribution in [0.3, 0.4) is 0 Å². The van der Waals surface area contributed by atoms with Crippen LogP contribution in [0.2, 0.25) is 0 Å². The highest BCUT2D eigenvalue weighted by atomic mass is 19.4. The number of carbonyl (C=O) groups excluding carboxylic acids is 1. The smallest absolute Gasteiger partial charge is 0.478 e. The molecule has 1 aliphatic heterocycles. The van der Waals surface area contributed by atoms with Gasteiger partial charge in [-0.05, 0) is 49.4 Å². The lowest BCUT2D eigenvalue weighted by atomic mass is 9.86. The Morgan fingerprint density at radius 1 is 1.09 bits per heavy atom. The number of aryl methyl sites for hydroxylation is 1. The summed E-state index contributed by atoms with van der Waals surface area (Å²) >= 11 is 0. The van der Waals surface area contributed by atoms with E-state index >= 15 is 0 Å². The average molecular weight is 453 g/mol. The molecule has 1 aromatic heterocycles. The number of aliphatic carboxylic acids is 1. The Morgan fingerprint density at radius 3 is 2.22 bits per heavy atom. The van der Waals surface area contributed by atoms with Crippen molar-refractivity contribution in [3.63, 3.8) is 0 Å². The van der Waals surface area contributed by atoms with Gasteiger partial charge in [-0.3, -0.25) is 4.98 Å². The van der Waals surface area contributed by atoms with Crippen molar-refractivity contribution in [1.29, 1.82) is 0 Å². The van der Waals surface area contributed by atoms with Crippen LogP contribution < -0.4 is 5.32 Å². The SMILES string of the molecule is Cc1cc(NC(=O)N2CCC(c3ccccc3C(=O)O)CC2)ccn1.O=C(O)C(F)(F)F. The van der Waals surface area contributed by atoms with Crippen molar-refractivity contribution in [3.05, 3.63) is 59.4 Å². The molecular weight excluding hydrogens is 431 g/mol. The molecule has 3 rings (SSSR count). The van der Waals surface area contributed by atoms with Crippen molar-refractivity contribution in [2.75, 3.05) is 18.4 Å². The molecule has 3 N–H and O–H groups in total. The maximum Gasteiger partial charge on any atom is 0.490 e. The van der Waals surface area contributed by atoms with E-state index in [0.29, 0.717) is 18.7 Å². The number of aromatic nitrogens is 1. The minimum Gasteiger partial charge on any atom is -0.478 e. The van der Waals surface area contributed by atoms with E-state index in [9.17, 15) is 27.9 Å². The van der Waals surface area contributed by atoms with Gasteiger partial charge in [-0.15, -0.1) is 0 Å². The Bertz CT molecular complexity index is 973. The van der Waals surface area contributed by atoms with Crippen LogP contribution in [0.4, 0.5) is 23.7 Å². The fraction of sp³-hybridized carbons (Fsp3) is 0.333. The van der Waals surface area contributed by atoms with Crippen molar-refractivity contribution in [1.82, 2.24) is 9.88 Å². The standard InChI is InChI=1S/C19H21N3O3.C2HF3O2/c1-13-12-15(6-9-20-13)21-19(25)22-10-7-14(8-11-22)16-4-2-3-5-17(16)18(23)24;3-2(4,5)1(6)7/h2-6,9,12,14H,7-8,10-11H2,1H3,(H,23,24)(H,20,21,25);(H,6,7). The molecule has 32 heavy (non-hydrogen) atoms. The van der Waals surface area contributed by atoms with Crippen LogP contribution in [0.15, 0.2) is 42.6 Å². The maximum absolute atomic E-state index is 12.4. The highest BCUT2D eigenvalue weighted by Crippen LogP contribution is 2.30. The number of nitrogens with one attached hydrogen (secondary N) is 1. The summed E-state index contributed by atoms with van der Waals surface area (Å²) < 4.78 is 31.7. The zero-order chi connectivity index (χ0) is 23.9. The molecule has 0 bridgehead atoms. The third-order valence-corrected chi connectivity index (χ3v) is 4.80. The molecule has 0 saturated carbocycles. The first-order chi connectivity index (χ1) is 15.0. The number of likely N-dealkylation sites (tertiary alicyclic amines) is 1. The van der Waals surface area contributed by atoms with E-state index < -0.39 is 18.1 Å². The number of alkyl halides is 3. The molecule has 1 fully saturated rings. The third-order valence-electron chi connectivity index (χ3n) is 4.80. The minimum absolute atomic E-state index is 0.129. The lowest BCUT2D eigenvalue weighted by molar-refractivity contribution is -0.192. The highest BCUT2D eigenvalue weighted by Gasteiger charge is 2.38. The lowest BCUT2D eigenvalue weighted by Gasteiger charge is -2.32. The molecular formula is C21H22F3N3O5. The Hall–Kier alpha value is -3.63. The summed E-state index contributed by atoms with van der Waals surface area (Å²) in [6, 6.07) is 10.6. The van der Waals surface area contributed by atoms with Gasteiger partial charge in [-0.1, -0.05) is 18.2 Å². The molecule has 0 radical (unpaired) electrons. The van der Waals surface area contributed by atoms with Crippen LogP contribution in [0.25, 0.3) is 0 Å². The molecule has 1 aliphatic rings. The van der Waals surface area contributed by atoms with Gasteiger partial charge in [0.05, 0.1) is 5.56 Å². The largest absolute Gasteiger partial charge is 0.490 e. The quantitative estimate of drug-likeness (QED) is 0.643. The first kappa shape index (κ1) is 24.6. The van der Waals surface area contributed by atoms with Gasteiger partial charge in [0, 0.05) is 30.7 Å². The summed E-state index contributed by atoms with van der Waals surface area (Å²) in [7, 11) is 0. The van der Waals surface area contributed by atoms with Crippen LogP contribution in [0, 0.1) is 6.92 Å². The molecule has 0 atom stereocenters. The second-order valence-corrected chi connectivity index (χ2v) is 7.07. The molecule has 0 spiro atoms. The summed E-state index contributed by atoms with van der Waals surface area (Å²) in [6.45, 7) is 3.09. The first-order valence-corrected chi connectivity index (χ1v) is 9.60. The molecule has 0 aliphatic carbocycles. The van der Waals surface area contributed by atoms with E-state index in [4.69, 9.17) is 9.90 Å². The van der Waals surface area contributed by atoms with Gasteiger partial charge in [-0.2, -0.15) is 13.2 Å². The molecule has 0 unspecified atom stereocenters. The number of benzene rings is 1. The summed E-state index contributed by atoms with van der Waals surface area (Å²) in [5.41, 5.74) is 2.80. The van der Waals surface area contributed by atoms with Crippen LogP contribution >= 0.6 is 0 Å². The Labute approximate surface area is 181 Å². The number of anilines is 1. The van der Waals surface area contributed by atoms with Crippen LogP contribution in [-0.4, -0.2) is 57.3 Å². The number of nitrogens with zero attached hydrogens (tertiary/aromatic N) is 2. The van der Waals surface area contributed by atoms with E-state index in [1.165, 1.54) is 0 Å². The lowest BCUT2D eigenvalue weighted by Crippen LogP contribution is -2.40. The number of aromatic carboxylic acids is 1. The fourth-order valence-corrected chi connectivity index (χ4v) is 3.27. The number of piperidine rings is 1. The van der Waals surface area contributed by atoms with E-state index in [1.807, 2.05) is 25.1 Å². The molecule has 1 saturated heterocycles. The number of carboxylic acids is 2. The summed E-state index contributed by atoms with van der Waals surface area (Å²) in [6.07, 6.45) is -1.90. The maximum atomic E-state index is 12.4. The zero-order valence-corrected chi connectivity index (χ0v) is 17.1. The molecule has 2 aromatic rings. The summed E-state index contributed by atoms with van der Waals surface area (Å²) in [5.74, 6) is -3.49. The minimum atomic E-state index is -5.08. The Kier molecular flexibility index (Phi) is 8.16. The van der Waals surface area contributed by atoms with Crippen LogP contribution in [0.5, 0.6) is 0 Å². The Morgan fingerprint density at radius 2 is 1.69 bits per heavy atom. The van der Waals surface area contributed by atoms with Crippen molar-refractivity contribution < 1.29 is 37.8 Å². The van der Waals surface area contributed by atoms with E-state index in [0.717, 1.165) is 29.8 Å². The van der Waals surface area contributed by atoms with Crippen LogP contribution in [-0.2, 0) is 4.79 Å². The fourth-order valence-electron chi connectivity index (χ4n) is 3.27. The number of amides is 2. The summed E-state index contributed by atoms with van der Waals surface area (Å²) in [5, 5.41) is 19.4. The van der Waals surface area contributed by atoms with Crippen molar-refractivity contribution in [3.8, 4) is 0 Å². The highest BCUT2D eigenvalue weighted by molar-refractivity contribution is 5.90. The second kappa shape index (κ2) is 10.6. The van der Waals surface area contributed by atoms with E-state index in [2.05, 4.69) is 10.3 Å². The van der Waals surface area contributed by atoms with Crippen molar-refractivity contribution in [2.24, 2.45) is 0 Å². The molecule has 8 nitrogen and oxygen atoms in total. The average Bonchev–Trinajstić information content (AvgIpc) is 2.73. The predicted octanol–water partition coefficient (Wildman–Crippen LogP) is 4.13. The Balaban J connectivity index is 0.000000451. The van der Waals surface area contributed by atoms with Gasteiger partial charge in [-0.25, -0.2) is 14.4 Å². The van der Waals surface area contributed by atoms with Gasteiger partial charge in [0.25, 0.3) is 0 Å². The summed E-state index contributed by atoms with van der Waals surface area (Å²) in [4.78, 5) is 38.6. The molecule has 11 heteroatoms. The second-order valence-electron chi connectivity index (χ2n) is 7.07. The molecule has 1 aromatic carbocycles. The van der Waals surface area contributed by atoms with Crippen molar-refractivity contribution in [2.45, 2.75) is 31.9 Å². The topological polar surface area (TPSA) is 120 Å². The van der Waals surface area contributed by atoms with Gasteiger partial charge >= 0.3 is 24.1 Å². The monoisotopic (exact) mass is 453 g/mol. The number of urea groups is 1. The number of halogens is 3. The van der Waals surface area contributed by atoms with Gasteiger partial charge < -0.3 is 20.4 Å². The third kappa shape index (κ3) is 6.96. The van der Waals surface area contributed by atoms with Crippen LogP contribution in [0.1, 0.15) is 40.4 Å².